The Morgan fingerprint density at radius 2 is 1.69 bits per heavy atom. The fraction of sp³-hybridized carbons (Fsp3) is 0.286. The molecule has 1 amide bonds. The highest BCUT2D eigenvalue weighted by atomic mass is 16.5. The number of anilines is 1. The standard InChI is InChI=1S/C21H23NO4/c1-14(17-8-5-4-6-9-17)12-20(24)26-16(3)21(25)22-19-11-7-10-18(13-19)15(2)23/h4-11,13-14,16H,12H2,1-3H3,(H,22,25)/t14-,16+/m1/s1. The summed E-state index contributed by atoms with van der Waals surface area (Å²) in [6, 6.07) is 16.3. The third kappa shape index (κ3) is 5.55. The third-order valence-corrected chi connectivity index (χ3v) is 4.06. The molecule has 0 radical (unpaired) electrons. The second kappa shape index (κ2) is 8.94. The lowest BCUT2D eigenvalue weighted by Crippen LogP contribution is -2.30. The molecule has 2 atom stereocenters. The number of ketones is 1. The molecule has 5 nitrogen and oxygen atoms in total. The summed E-state index contributed by atoms with van der Waals surface area (Å²) in [4.78, 5) is 35.7. The zero-order valence-corrected chi connectivity index (χ0v) is 15.2. The Kier molecular flexibility index (Phi) is 6.67. The topological polar surface area (TPSA) is 72.5 Å². The number of carbonyl (C=O) groups is 3. The van der Waals surface area contributed by atoms with E-state index in [0.717, 1.165) is 5.56 Å². The fourth-order valence-electron chi connectivity index (χ4n) is 2.51. The molecule has 0 aromatic heterocycles. The summed E-state index contributed by atoms with van der Waals surface area (Å²) in [5.74, 6) is -0.949. The zero-order valence-electron chi connectivity index (χ0n) is 15.2. The van der Waals surface area contributed by atoms with Gasteiger partial charge in [-0.3, -0.25) is 14.4 Å². The average Bonchev–Trinajstić information content (AvgIpc) is 2.62. The van der Waals surface area contributed by atoms with E-state index in [0.29, 0.717) is 11.3 Å². The second-order valence-corrected chi connectivity index (χ2v) is 6.27. The first-order valence-electron chi connectivity index (χ1n) is 8.53. The van der Waals surface area contributed by atoms with Crippen LogP contribution in [0.25, 0.3) is 0 Å². The van der Waals surface area contributed by atoms with E-state index >= 15 is 0 Å². The van der Waals surface area contributed by atoms with Crippen LogP contribution in [0.3, 0.4) is 0 Å². The molecule has 0 fully saturated rings. The molecule has 136 valence electrons. The quantitative estimate of drug-likeness (QED) is 0.604. The van der Waals surface area contributed by atoms with Crippen LogP contribution in [0.15, 0.2) is 54.6 Å². The summed E-state index contributed by atoms with van der Waals surface area (Å²) in [5, 5.41) is 2.66. The van der Waals surface area contributed by atoms with E-state index in [4.69, 9.17) is 4.74 Å². The van der Waals surface area contributed by atoms with E-state index in [1.54, 1.807) is 24.3 Å². The summed E-state index contributed by atoms with van der Waals surface area (Å²) in [6.45, 7) is 4.92. The second-order valence-electron chi connectivity index (χ2n) is 6.27. The third-order valence-electron chi connectivity index (χ3n) is 4.06. The van der Waals surface area contributed by atoms with Gasteiger partial charge in [-0.25, -0.2) is 0 Å². The number of nitrogens with one attached hydrogen (secondary N) is 1. The molecular formula is C21H23NO4. The van der Waals surface area contributed by atoms with Gasteiger partial charge in [-0.15, -0.1) is 0 Å². The van der Waals surface area contributed by atoms with Gasteiger partial charge in [-0.05, 0) is 37.5 Å². The number of hydrogen-bond acceptors (Lipinski definition) is 4. The number of Topliss-reactive ketones (excluding diaryl/α,β-unsaturated/α-hetero) is 1. The molecule has 0 spiro atoms. The molecular weight excluding hydrogens is 330 g/mol. The number of rotatable bonds is 7. The van der Waals surface area contributed by atoms with E-state index in [1.165, 1.54) is 13.8 Å². The van der Waals surface area contributed by atoms with Gasteiger partial charge in [0, 0.05) is 11.3 Å². The van der Waals surface area contributed by atoms with Gasteiger partial charge in [-0.2, -0.15) is 0 Å². The van der Waals surface area contributed by atoms with Crippen LogP contribution in [0.5, 0.6) is 0 Å². The molecule has 1 N–H and O–H groups in total. The molecule has 2 rings (SSSR count). The summed E-state index contributed by atoms with van der Waals surface area (Å²) in [6.07, 6.45) is -0.729. The van der Waals surface area contributed by atoms with Crippen LogP contribution in [-0.2, 0) is 14.3 Å². The van der Waals surface area contributed by atoms with Crippen LogP contribution in [0.1, 0.15) is 49.0 Å². The summed E-state index contributed by atoms with van der Waals surface area (Å²) >= 11 is 0. The molecule has 0 aliphatic heterocycles. The highest BCUT2D eigenvalue weighted by Gasteiger charge is 2.20. The molecule has 26 heavy (non-hydrogen) atoms. The number of ether oxygens (including phenoxy) is 1. The highest BCUT2D eigenvalue weighted by Crippen LogP contribution is 2.19. The molecule has 0 saturated heterocycles. The lowest BCUT2D eigenvalue weighted by molar-refractivity contribution is -0.153. The Morgan fingerprint density at radius 1 is 1.00 bits per heavy atom. The van der Waals surface area contributed by atoms with E-state index in [9.17, 15) is 14.4 Å². The molecule has 5 heteroatoms. The van der Waals surface area contributed by atoms with E-state index in [-0.39, 0.29) is 18.1 Å². The number of esters is 1. The number of amides is 1. The van der Waals surface area contributed by atoms with Gasteiger partial charge >= 0.3 is 5.97 Å². The summed E-state index contributed by atoms with van der Waals surface area (Å²) < 4.78 is 5.24. The van der Waals surface area contributed by atoms with Crippen molar-refractivity contribution in [2.24, 2.45) is 0 Å². The van der Waals surface area contributed by atoms with Crippen LogP contribution in [0.4, 0.5) is 5.69 Å². The van der Waals surface area contributed by atoms with Crippen molar-refractivity contribution < 1.29 is 19.1 Å². The summed E-state index contributed by atoms with van der Waals surface area (Å²) in [5.41, 5.74) is 2.04. The number of hydrogen-bond donors (Lipinski definition) is 1. The number of benzene rings is 2. The molecule has 2 aromatic carbocycles. The molecule has 2 aromatic rings. The number of carbonyl (C=O) groups excluding carboxylic acids is 3. The minimum atomic E-state index is -0.925. The van der Waals surface area contributed by atoms with Gasteiger partial charge in [-0.1, -0.05) is 49.4 Å². The van der Waals surface area contributed by atoms with Crippen LogP contribution < -0.4 is 5.32 Å². The van der Waals surface area contributed by atoms with Gasteiger partial charge in [0.05, 0.1) is 6.42 Å². The molecule has 0 aliphatic rings. The Morgan fingerprint density at radius 3 is 2.35 bits per heavy atom. The van der Waals surface area contributed by atoms with Crippen molar-refractivity contribution >= 4 is 23.3 Å². The fourth-order valence-corrected chi connectivity index (χ4v) is 2.51. The molecule has 0 heterocycles. The molecule has 0 unspecified atom stereocenters. The molecule has 0 saturated carbocycles. The van der Waals surface area contributed by atoms with Crippen molar-refractivity contribution in [1.29, 1.82) is 0 Å². The largest absolute Gasteiger partial charge is 0.453 e. The average molecular weight is 353 g/mol. The lowest BCUT2D eigenvalue weighted by atomic mass is 9.98. The maximum absolute atomic E-state index is 12.2. The highest BCUT2D eigenvalue weighted by molar-refractivity contribution is 5.98. The smallest absolute Gasteiger partial charge is 0.307 e. The van der Waals surface area contributed by atoms with Crippen LogP contribution in [0, 0.1) is 0 Å². The van der Waals surface area contributed by atoms with E-state index < -0.39 is 18.0 Å². The minimum Gasteiger partial charge on any atom is -0.453 e. The predicted octanol–water partition coefficient (Wildman–Crippen LogP) is 3.95. The maximum Gasteiger partial charge on any atom is 0.307 e. The van der Waals surface area contributed by atoms with Gasteiger partial charge in [0.1, 0.15) is 0 Å². The van der Waals surface area contributed by atoms with Crippen molar-refractivity contribution in [2.75, 3.05) is 5.32 Å². The summed E-state index contributed by atoms with van der Waals surface area (Å²) in [7, 11) is 0. The van der Waals surface area contributed by atoms with Crippen molar-refractivity contribution in [2.45, 2.75) is 39.2 Å². The van der Waals surface area contributed by atoms with Crippen molar-refractivity contribution in [3.05, 3.63) is 65.7 Å². The maximum atomic E-state index is 12.2. The Labute approximate surface area is 153 Å². The first-order valence-corrected chi connectivity index (χ1v) is 8.53. The van der Waals surface area contributed by atoms with Gasteiger partial charge < -0.3 is 10.1 Å². The minimum absolute atomic E-state index is 0.00575. The van der Waals surface area contributed by atoms with Gasteiger partial charge in [0.2, 0.25) is 0 Å². The van der Waals surface area contributed by atoms with Gasteiger partial charge in [0.25, 0.3) is 5.91 Å². The van der Waals surface area contributed by atoms with Crippen molar-refractivity contribution in [3.8, 4) is 0 Å². The normalized spacial score (nSPS) is 12.7. The lowest BCUT2D eigenvalue weighted by Gasteiger charge is -2.16. The molecule has 0 bridgehead atoms. The predicted molar refractivity (Wildman–Crippen MR) is 100 cm³/mol. The Balaban J connectivity index is 1.89. The SMILES string of the molecule is CC(=O)c1cccc(NC(=O)[C@H](C)OC(=O)C[C@@H](C)c2ccccc2)c1. The van der Waals surface area contributed by atoms with Gasteiger partial charge in [0.15, 0.2) is 11.9 Å². The van der Waals surface area contributed by atoms with Crippen LogP contribution >= 0.6 is 0 Å². The van der Waals surface area contributed by atoms with Crippen LogP contribution in [-0.4, -0.2) is 23.8 Å². The van der Waals surface area contributed by atoms with Crippen molar-refractivity contribution in [1.82, 2.24) is 0 Å². The van der Waals surface area contributed by atoms with Crippen LogP contribution in [0.2, 0.25) is 0 Å². The Hall–Kier alpha value is -2.95. The monoisotopic (exact) mass is 353 g/mol. The molecule has 0 aliphatic carbocycles. The van der Waals surface area contributed by atoms with E-state index in [2.05, 4.69) is 5.32 Å². The first-order chi connectivity index (χ1) is 12.4. The Bertz CT molecular complexity index is 786. The zero-order chi connectivity index (χ0) is 19.1. The van der Waals surface area contributed by atoms with Crippen molar-refractivity contribution in [3.63, 3.8) is 0 Å². The van der Waals surface area contributed by atoms with E-state index in [1.807, 2.05) is 37.3 Å². The first kappa shape index (κ1) is 19.4.